The number of terminal acetylenes is 1. The van der Waals surface area contributed by atoms with E-state index in [-0.39, 0.29) is 16.4 Å². The van der Waals surface area contributed by atoms with E-state index in [2.05, 4.69) is 34.6 Å². The number of halogens is 1. The van der Waals surface area contributed by atoms with Crippen LogP contribution >= 0.6 is 22.6 Å². The Morgan fingerprint density at radius 1 is 1.47 bits per heavy atom. The molecule has 1 aliphatic heterocycles. The lowest BCUT2D eigenvalue weighted by Gasteiger charge is -2.27. The number of ether oxygens (including phenoxy) is 1. The molecule has 0 radical (unpaired) electrons. The van der Waals surface area contributed by atoms with Gasteiger partial charge in [0.2, 0.25) is 5.91 Å². The Hall–Kier alpha value is -1.48. The standard InChI is InChI=1S/C15H14INO2/c1-3-10-19-12-6-4-11(5-7-12)14-9-8-13(16)15(18)17(14)2/h1,4-7,9,13H,8,10H2,2H3. The van der Waals surface area contributed by atoms with Crippen LogP contribution in [-0.4, -0.2) is 28.4 Å². The van der Waals surface area contributed by atoms with Crippen molar-refractivity contribution in [1.82, 2.24) is 4.90 Å². The Bertz CT molecular complexity index is 542. The van der Waals surface area contributed by atoms with Crippen LogP contribution in [0, 0.1) is 12.3 Å². The molecule has 1 atom stereocenters. The van der Waals surface area contributed by atoms with E-state index in [4.69, 9.17) is 11.2 Å². The third kappa shape index (κ3) is 3.10. The molecular formula is C15H14INO2. The fourth-order valence-corrected chi connectivity index (χ4v) is 2.61. The summed E-state index contributed by atoms with van der Waals surface area (Å²) in [5.41, 5.74) is 1.95. The normalized spacial score (nSPS) is 18.8. The molecule has 0 aromatic heterocycles. The Balaban J connectivity index is 2.19. The second-order valence-corrected chi connectivity index (χ2v) is 5.71. The van der Waals surface area contributed by atoms with E-state index in [1.807, 2.05) is 31.3 Å². The number of carbonyl (C=O) groups is 1. The van der Waals surface area contributed by atoms with E-state index in [0.29, 0.717) is 0 Å². The van der Waals surface area contributed by atoms with Crippen molar-refractivity contribution < 1.29 is 9.53 Å². The van der Waals surface area contributed by atoms with Crippen LogP contribution in [0.2, 0.25) is 0 Å². The topological polar surface area (TPSA) is 29.5 Å². The summed E-state index contributed by atoms with van der Waals surface area (Å²) < 4.78 is 5.36. The molecule has 19 heavy (non-hydrogen) atoms. The van der Waals surface area contributed by atoms with Gasteiger partial charge in [-0.2, -0.15) is 0 Å². The van der Waals surface area contributed by atoms with Gasteiger partial charge in [0.25, 0.3) is 0 Å². The molecule has 1 aromatic carbocycles. The maximum atomic E-state index is 11.9. The third-order valence-corrected chi connectivity index (χ3v) is 3.99. The Kier molecular flexibility index (Phi) is 4.48. The summed E-state index contributed by atoms with van der Waals surface area (Å²) in [4.78, 5) is 13.7. The largest absolute Gasteiger partial charge is 0.481 e. The fourth-order valence-electron chi connectivity index (χ4n) is 1.94. The summed E-state index contributed by atoms with van der Waals surface area (Å²) in [6.07, 6.45) is 8.01. The zero-order chi connectivity index (χ0) is 13.8. The van der Waals surface area contributed by atoms with E-state index >= 15 is 0 Å². The Labute approximate surface area is 126 Å². The molecule has 0 N–H and O–H groups in total. The van der Waals surface area contributed by atoms with E-state index in [9.17, 15) is 4.79 Å². The minimum atomic E-state index is 0.0320. The van der Waals surface area contributed by atoms with E-state index in [1.54, 1.807) is 4.90 Å². The number of allylic oxidation sites excluding steroid dienone is 1. The van der Waals surface area contributed by atoms with Crippen LogP contribution in [0.3, 0.4) is 0 Å². The Morgan fingerprint density at radius 2 is 2.16 bits per heavy atom. The van der Waals surface area contributed by atoms with Gasteiger partial charge in [-0.25, -0.2) is 0 Å². The van der Waals surface area contributed by atoms with E-state index in [1.165, 1.54) is 0 Å². The first-order chi connectivity index (χ1) is 9.13. The predicted molar refractivity (Wildman–Crippen MR) is 83.9 cm³/mol. The number of hydrogen-bond acceptors (Lipinski definition) is 2. The zero-order valence-corrected chi connectivity index (χ0v) is 12.8. The summed E-state index contributed by atoms with van der Waals surface area (Å²) >= 11 is 2.17. The van der Waals surface area contributed by atoms with Crippen LogP contribution in [-0.2, 0) is 4.79 Å². The molecule has 98 valence electrons. The van der Waals surface area contributed by atoms with Gasteiger partial charge in [-0.3, -0.25) is 4.79 Å². The summed E-state index contributed by atoms with van der Waals surface area (Å²) in [7, 11) is 1.81. The quantitative estimate of drug-likeness (QED) is 0.467. The van der Waals surface area contributed by atoms with Crippen LogP contribution in [0.25, 0.3) is 5.70 Å². The Morgan fingerprint density at radius 3 is 2.79 bits per heavy atom. The molecule has 0 aliphatic carbocycles. The lowest BCUT2D eigenvalue weighted by atomic mass is 10.1. The lowest BCUT2D eigenvalue weighted by Crippen LogP contribution is -2.35. The average Bonchev–Trinajstić information content (AvgIpc) is 2.44. The van der Waals surface area contributed by atoms with Crippen LogP contribution in [0.5, 0.6) is 5.75 Å². The minimum Gasteiger partial charge on any atom is -0.481 e. The van der Waals surface area contributed by atoms with Crippen molar-refractivity contribution >= 4 is 34.2 Å². The van der Waals surface area contributed by atoms with Crippen molar-refractivity contribution in [2.24, 2.45) is 0 Å². The maximum Gasteiger partial charge on any atom is 0.240 e. The van der Waals surface area contributed by atoms with Gasteiger partial charge < -0.3 is 9.64 Å². The molecule has 0 bridgehead atoms. The molecule has 0 saturated heterocycles. The van der Waals surface area contributed by atoms with Crippen molar-refractivity contribution in [3.8, 4) is 18.1 Å². The summed E-state index contributed by atoms with van der Waals surface area (Å²) in [6, 6.07) is 7.61. The zero-order valence-electron chi connectivity index (χ0n) is 10.6. The summed E-state index contributed by atoms with van der Waals surface area (Å²) in [5, 5.41) is 0. The first-order valence-corrected chi connectivity index (χ1v) is 7.16. The van der Waals surface area contributed by atoms with Gasteiger partial charge in [-0.05, 0) is 36.2 Å². The molecule has 1 unspecified atom stereocenters. The van der Waals surface area contributed by atoms with Crippen LogP contribution in [0.4, 0.5) is 0 Å². The van der Waals surface area contributed by atoms with Gasteiger partial charge in [0.05, 0.1) is 3.92 Å². The molecule has 4 heteroatoms. The van der Waals surface area contributed by atoms with Crippen molar-refractivity contribution in [2.45, 2.75) is 10.3 Å². The smallest absolute Gasteiger partial charge is 0.240 e. The molecule has 1 heterocycles. The highest BCUT2D eigenvalue weighted by molar-refractivity contribution is 14.1. The second kappa shape index (κ2) is 6.11. The van der Waals surface area contributed by atoms with Crippen LogP contribution in [0.1, 0.15) is 12.0 Å². The van der Waals surface area contributed by atoms with Crippen molar-refractivity contribution in [2.75, 3.05) is 13.7 Å². The first kappa shape index (κ1) is 13.9. The third-order valence-electron chi connectivity index (χ3n) is 2.95. The second-order valence-electron chi connectivity index (χ2n) is 4.21. The summed E-state index contributed by atoms with van der Waals surface area (Å²) in [5.74, 6) is 3.30. The fraction of sp³-hybridized carbons (Fsp3) is 0.267. The number of nitrogens with zero attached hydrogens (tertiary/aromatic N) is 1. The number of alkyl halides is 1. The van der Waals surface area contributed by atoms with Crippen molar-refractivity contribution in [3.63, 3.8) is 0 Å². The molecule has 0 fully saturated rings. The van der Waals surface area contributed by atoms with Gasteiger partial charge in [-0.15, -0.1) is 6.42 Å². The number of rotatable bonds is 3. The van der Waals surface area contributed by atoms with E-state index in [0.717, 1.165) is 23.4 Å². The van der Waals surface area contributed by atoms with Gasteiger partial charge >= 0.3 is 0 Å². The minimum absolute atomic E-state index is 0.0320. The molecule has 1 aromatic rings. The first-order valence-electron chi connectivity index (χ1n) is 5.92. The summed E-state index contributed by atoms with van der Waals surface area (Å²) in [6.45, 7) is 0.261. The van der Waals surface area contributed by atoms with Gasteiger partial charge in [-0.1, -0.05) is 34.6 Å². The molecule has 2 rings (SSSR count). The molecule has 0 spiro atoms. The number of benzene rings is 1. The molecule has 1 aliphatic rings. The number of amides is 1. The molecule has 3 nitrogen and oxygen atoms in total. The van der Waals surface area contributed by atoms with E-state index < -0.39 is 0 Å². The van der Waals surface area contributed by atoms with Gasteiger partial charge in [0.15, 0.2) is 0 Å². The van der Waals surface area contributed by atoms with Gasteiger partial charge in [0, 0.05) is 12.7 Å². The van der Waals surface area contributed by atoms with Gasteiger partial charge in [0.1, 0.15) is 12.4 Å². The van der Waals surface area contributed by atoms with Crippen molar-refractivity contribution in [1.29, 1.82) is 0 Å². The predicted octanol–water partition coefficient (Wildman–Crippen LogP) is 2.71. The number of carbonyl (C=O) groups excluding carboxylic acids is 1. The highest BCUT2D eigenvalue weighted by Gasteiger charge is 2.26. The lowest BCUT2D eigenvalue weighted by molar-refractivity contribution is -0.126. The maximum absolute atomic E-state index is 11.9. The van der Waals surface area contributed by atoms with Crippen molar-refractivity contribution in [3.05, 3.63) is 35.9 Å². The highest BCUT2D eigenvalue weighted by Crippen LogP contribution is 2.28. The molecule has 0 saturated carbocycles. The molecule has 1 amide bonds. The monoisotopic (exact) mass is 367 g/mol. The molecular weight excluding hydrogens is 353 g/mol. The van der Waals surface area contributed by atoms with Crippen LogP contribution < -0.4 is 4.74 Å². The van der Waals surface area contributed by atoms with Crippen LogP contribution in [0.15, 0.2) is 30.3 Å². The SMILES string of the molecule is C#CCOc1ccc(C2=CCC(I)C(=O)N2C)cc1. The average molecular weight is 367 g/mol. The number of hydrogen-bond donors (Lipinski definition) is 0. The highest BCUT2D eigenvalue weighted by atomic mass is 127.